The minimum absolute atomic E-state index is 0.0787. The molecular weight excluding hydrogens is 134 g/mol. The highest BCUT2D eigenvalue weighted by molar-refractivity contribution is 8.13. The molecule has 45 valence electrons. The SMILES string of the molecule is [C]1=NC2=CC=COC2S1. The Labute approximate surface area is 57.3 Å². The smallest absolute Gasteiger partial charge is 0.191 e. The van der Waals surface area contributed by atoms with E-state index in [1.807, 2.05) is 12.2 Å². The van der Waals surface area contributed by atoms with Crippen LogP contribution in [0, 0.1) is 0 Å². The lowest BCUT2D eigenvalue weighted by Crippen LogP contribution is -2.04. The van der Waals surface area contributed by atoms with Crippen LogP contribution in [0.25, 0.3) is 0 Å². The second-order valence-corrected chi connectivity index (χ2v) is 2.56. The average Bonchev–Trinajstić information content (AvgIpc) is 2.33. The van der Waals surface area contributed by atoms with Gasteiger partial charge < -0.3 is 4.74 Å². The molecule has 0 aromatic carbocycles. The number of rotatable bonds is 0. The molecule has 0 aromatic rings. The predicted octanol–water partition coefficient (Wildman–Crippen LogP) is 1.39. The van der Waals surface area contributed by atoms with Gasteiger partial charge in [0.25, 0.3) is 0 Å². The van der Waals surface area contributed by atoms with E-state index in [0.29, 0.717) is 0 Å². The van der Waals surface area contributed by atoms with E-state index in [1.54, 1.807) is 6.26 Å². The molecule has 1 unspecified atom stereocenters. The van der Waals surface area contributed by atoms with Crippen LogP contribution in [0.3, 0.4) is 0 Å². The second-order valence-electron chi connectivity index (χ2n) is 1.71. The molecule has 0 bridgehead atoms. The summed E-state index contributed by atoms with van der Waals surface area (Å²) < 4.78 is 5.16. The van der Waals surface area contributed by atoms with Crippen molar-refractivity contribution in [2.75, 3.05) is 0 Å². The van der Waals surface area contributed by atoms with Crippen LogP contribution >= 0.6 is 11.8 Å². The Kier molecular flexibility index (Phi) is 1.09. The van der Waals surface area contributed by atoms with Crippen LogP contribution in [0.1, 0.15) is 0 Å². The lowest BCUT2D eigenvalue weighted by atomic mass is 10.4. The maximum absolute atomic E-state index is 5.16. The van der Waals surface area contributed by atoms with E-state index in [4.69, 9.17) is 4.74 Å². The summed E-state index contributed by atoms with van der Waals surface area (Å²) in [6, 6.07) is 0. The molecule has 1 radical (unpaired) electrons. The van der Waals surface area contributed by atoms with E-state index in [-0.39, 0.29) is 5.44 Å². The van der Waals surface area contributed by atoms with Crippen molar-refractivity contribution in [3.05, 3.63) is 24.1 Å². The highest BCUT2D eigenvalue weighted by Gasteiger charge is 2.20. The summed E-state index contributed by atoms with van der Waals surface area (Å²) in [7, 11) is 0. The Hall–Kier alpha value is -0.700. The fraction of sp³-hybridized carbons (Fsp3) is 0.167. The summed E-state index contributed by atoms with van der Waals surface area (Å²) in [4.78, 5) is 3.96. The molecule has 2 heterocycles. The van der Waals surface area contributed by atoms with Crippen molar-refractivity contribution in [1.82, 2.24) is 0 Å². The van der Waals surface area contributed by atoms with Gasteiger partial charge in [0.05, 0.1) is 12.0 Å². The fourth-order valence-corrected chi connectivity index (χ4v) is 1.33. The molecular formula is C6H4NOS. The molecule has 0 spiro atoms. The monoisotopic (exact) mass is 138 g/mol. The summed E-state index contributed by atoms with van der Waals surface area (Å²) in [5, 5.41) is 0. The molecule has 2 nitrogen and oxygen atoms in total. The minimum Gasteiger partial charge on any atom is -0.481 e. The first-order valence-electron chi connectivity index (χ1n) is 2.60. The Morgan fingerprint density at radius 1 is 1.78 bits per heavy atom. The first kappa shape index (κ1) is 5.11. The van der Waals surface area contributed by atoms with Crippen LogP contribution in [-0.2, 0) is 4.74 Å². The third kappa shape index (κ3) is 0.772. The summed E-state index contributed by atoms with van der Waals surface area (Å²) in [6.45, 7) is 0. The zero-order valence-electron chi connectivity index (χ0n) is 4.57. The number of allylic oxidation sites excluding steroid dienone is 2. The normalized spacial score (nSPS) is 29.3. The van der Waals surface area contributed by atoms with Gasteiger partial charge in [0, 0.05) is 0 Å². The third-order valence-corrected chi connectivity index (χ3v) is 1.89. The molecule has 0 aliphatic carbocycles. The van der Waals surface area contributed by atoms with Crippen LogP contribution in [0.15, 0.2) is 29.1 Å². The Bertz CT molecular complexity index is 207. The molecule has 0 N–H and O–H groups in total. The molecule has 2 rings (SSSR count). The first-order valence-corrected chi connectivity index (χ1v) is 3.48. The predicted molar refractivity (Wildman–Crippen MR) is 37.1 cm³/mol. The number of hydrogen-bond donors (Lipinski definition) is 0. The number of fused-ring (bicyclic) bond motifs is 1. The van der Waals surface area contributed by atoms with Gasteiger partial charge in [-0.2, -0.15) is 0 Å². The van der Waals surface area contributed by atoms with E-state index < -0.39 is 0 Å². The Balaban J connectivity index is 2.31. The minimum atomic E-state index is 0.0787. The summed E-state index contributed by atoms with van der Waals surface area (Å²) >= 11 is 1.47. The molecule has 0 aromatic heterocycles. The number of thioether (sulfide) groups is 1. The largest absolute Gasteiger partial charge is 0.481 e. The first-order chi connectivity index (χ1) is 4.47. The van der Waals surface area contributed by atoms with E-state index >= 15 is 0 Å². The topological polar surface area (TPSA) is 21.6 Å². The van der Waals surface area contributed by atoms with Gasteiger partial charge in [-0.25, -0.2) is 4.99 Å². The van der Waals surface area contributed by atoms with Gasteiger partial charge in [0.2, 0.25) is 0 Å². The summed E-state index contributed by atoms with van der Waals surface area (Å²) in [5.41, 5.74) is 3.81. The van der Waals surface area contributed by atoms with Crippen molar-refractivity contribution in [3.8, 4) is 0 Å². The highest BCUT2D eigenvalue weighted by Crippen LogP contribution is 2.28. The van der Waals surface area contributed by atoms with Crippen molar-refractivity contribution in [2.45, 2.75) is 5.44 Å². The van der Waals surface area contributed by atoms with E-state index in [2.05, 4.69) is 10.5 Å². The Morgan fingerprint density at radius 2 is 2.78 bits per heavy atom. The zero-order chi connectivity index (χ0) is 6.10. The summed E-state index contributed by atoms with van der Waals surface area (Å²) in [5.74, 6) is 0. The van der Waals surface area contributed by atoms with Crippen LogP contribution in [-0.4, -0.2) is 11.0 Å². The molecule has 0 saturated carbocycles. The van der Waals surface area contributed by atoms with Crippen molar-refractivity contribution < 1.29 is 4.74 Å². The number of ether oxygens (including phenoxy) is 1. The molecule has 2 aliphatic rings. The van der Waals surface area contributed by atoms with Crippen molar-refractivity contribution in [2.24, 2.45) is 4.99 Å². The third-order valence-electron chi connectivity index (χ3n) is 1.12. The molecule has 1 atom stereocenters. The van der Waals surface area contributed by atoms with Gasteiger partial charge in [-0.1, -0.05) is 11.8 Å². The lowest BCUT2D eigenvalue weighted by Gasteiger charge is -2.10. The zero-order valence-corrected chi connectivity index (χ0v) is 5.39. The van der Waals surface area contributed by atoms with Crippen molar-refractivity contribution >= 4 is 17.3 Å². The maximum atomic E-state index is 5.16. The molecule has 0 saturated heterocycles. The van der Waals surface area contributed by atoms with Gasteiger partial charge in [0.15, 0.2) is 5.44 Å². The molecule has 0 fully saturated rings. The fourth-order valence-electron chi connectivity index (χ4n) is 0.708. The quantitative estimate of drug-likeness (QED) is 0.504. The standard InChI is InChI=1S/C6H4NOS/c1-2-5-6(8-3-1)9-4-7-5/h1-3,6H. The number of aliphatic imine (C=N–C) groups is 1. The molecule has 3 heteroatoms. The van der Waals surface area contributed by atoms with E-state index in [9.17, 15) is 0 Å². The van der Waals surface area contributed by atoms with E-state index in [1.165, 1.54) is 11.8 Å². The molecule has 9 heavy (non-hydrogen) atoms. The molecule has 0 amide bonds. The second kappa shape index (κ2) is 1.92. The van der Waals surface area contributed by atoms with Gasteiger partial charge >= 0.3 is 0 Å². The molecule has 2 aliphatic heterocycles. The van der Waals surface area contributed by atoms with Gasteiger partial charge in [-0.3, -0.25) is 0 Å². The van der Waals surface area contributed by atoms with Crippen LogP contribution in [0.2, 0.25) is 0 Å². The van der Waals surface area contributed by atoms with Crippen molar-refractivity contribution in [1.29, 1.82) is 0 Å². The van der Waals surface area contributed by atoms with Crippen LogP contribution < -0.4 is 0 Å². The van der Waals surface area contributed by atoms with Gasteiger partial charge in [-0.05, 0) is 12.2 Å². The van der Waals surface area contributed by atoms with Crippen molar-refractivity contribution in [3.63, 3.8) is 0 Å². The Morgan fingerprint density at radius 3 is 3.67 bits per heavy atom. The van der Waals surface area contributed by atoms with Crippen LogP contribution in [0.4, 0.5) is 0 Å². The van der Waals surface area contributed by atoms with Gasteiger partial charge in [0.1, 0.15) is 5.55 Å². The average molecular weight is 138 g/mol. The van der Waals surface area contributed by atoms with Gasteiger partial charge in [-0.15, -0.1) is 0 Å². The summed E-state index contributed by atoms with van der Waals surface area (Å²) in [6.07, 6.45) is 5.44. The highest BCUT2D eigenvalue weighted by atomic mass is 32.2. The number of hydrogen-bond acceptors (Lipinski definition) is 3. The maximum Gasteiger partial charge on any atom is 0.191 e. The van der Waals surface area contributed by atoms with Crippen LogP contribution in [0.5, 0.6) is 0 Å². The lowest BCUT2D eigenvalue weighted by molar-refractivity contribution is 0.248. The van der Waals surface area contributed by atoms with E-state index in [0.717, 1.165) is 5.70 Å². The number of nitrogens with zero attached hydrogens (tertiary/aromatic N) is 1.